The summed E-state index contributed by atoms with van der Waals surface area (Å²) in [4.78, 5) is 83.5. The number of hydrogen-bond donors (Lipinski definition) is 2. The highest BCUT2D eigenvalue weighted by molar-refractivity contribution is 6.35. The number of anilines is 1. The number of benzene rings is 4. The number of ether oxygens (including phenoxy) is 1. The highest BCUT2D eigenvalue weighted by atomic mass is 35.5. The molecule has 2 fully saturated rings. The highest BCUT2D eigenvalue weighted by Gasteiger charge is 2.46. The number of aryl methyl sites for hydroxylation is 3. The van der Waals surface area contributed by atoms with E-state index in [2.05, 4.69) is 10.4 Å². The first-order valence-corrected chi connectivity index (χ1v) is 21.4. The van der Waals surface area contributed by atoms with Crippen LogP contribution in [0.4, 0.5) is 10.1 Å². The van der Waals surface area contributed by atoms with E-state index in [-0.39, 0.29) is 74.2 Å². The predicted octanol–water partition coefficient (Wildman–Crippen LogP) is 6.06. The Morgan fingerprint density at radius 1 is 0.938 bits per heavy atom. The predicted molar refractivity (Wildman–Crippen MR) is 235 cm³/mol. The lowest BCUT2D eigenvalue weighted by Gasteiger charge is -2.36. The second-order valence-corrected chi connectivity index (χ2v) is 16.7. The number of aromatic nitrogens is 3. The first-order chi connectivity index (χ1) is 30.7. The normalized spacial score (nSPS) is 16.7. The molecule has 0 bridgehead atoms. The molecule has 2 aromatic heterocycles. The van der Waals surface area contributed by atoms with Gasteiger partial charge < -0.3 is 24.2 Å². The van der Waals surface area contributed by atoms with Gasteiger partial charge in [0.05, 0.1) is 46.2 Å². The fourth-order valence-corrected chi connectivity index (χ4v) is 9.75. The van der Waals surface area contributed by atoms with Crippen molar-refractivity contribution < 1.29 is 43.0 Å². The molecule has 1 unspecified atom stereocenters. The van der Waals surface area contributed by atoms with E-state index < -0.39 is 35.6 Å². The number of carbonyl (C=O) groups excluding carboxylic acids is 5. The van der Waals surface area contributed by atoms with E-state index in [1.807, 2.05) is 33.0 Å². The molecule has 5 amide bonds. The van der Waals surface area contributed by atoms with E-state index in [1.54, 1.807) is 55.4 Å². The average Bonchev–Trinajstić information content (AvgIpc) is 3.82. The summed E-state index contributed by atoms with van der Waals surface area (Å²) in [6.07, 6.45) is 0.787. The number of imide groups is 2. The van der Waals surface area contributed by atoms with Crippen molar-refractivity contribution >= 4 is 74.5 Å². The van der Waals surface area contributed by atoms with Crippen LogP contribution in [-0.4, -0.2) is 104 Å². The number of carboxylic acids is 1. The van der Waals surface area contributed by atoms with Crippen LogP contribution in [0.2, 0.25) is 5.02 Å². The molecule has 9 rings (SSSR count). The van der Waals surface area contributed by atoms with Crippen molar-refractivity contribution in [3.05, 3.63) is 111 Å². The number of halogens is 2. The molecule has 2 saturated heterocycles. The Morgan fingerprint density at radius 2 is 1.72 bits per heavy atom. The summed E-state index contributed by atoms with van der Waals surface area (Å²) in [6, 6.07) is 17.2. The van der Waals surface area contributed by atoms with Crippen LogP contribution in [0.5, 0.6) is 5.75 Å². The van der Waals surface area contributed by atoms with E-state index in [9.17, 15) is 38.3 Å². The van der Waals surface area contributed by atoms with Crippen LogP contribution in [0.15, 0.2) is 66.7 Å². The van der Waals surface area contributed by atoms with Gasteiger partial charge in [0.25, 0.3) is 11.8 Å². The summed E-state index contributed by atoms with van der Waals surface area (Å²) >= 11 is 7.04. The minimum atomic E-state index is -1.15. The molecule has 0 radical (unpaired) electrons. The fourth-order valence-electron chi connectivity index (χ4n) is 9.50. The lowest BCUT2D eigenvalue weighted by Crippen LogP contribution is -2.54. The second kappa shape index (κ2) is 16.6. The summed E-state index contributed by atoms with van der Waals surface area (Å²) in [5.74, 6) is -3.67. The van der Waals surface area contributed by atoms with Gasteiger partial charge in [-0.05, 0) is 86.5 Å². The number of aromatic carboxylic acids is 1. The summed E-state index contributed by atoms with van der Waals surface area (Å²) in [5, 5.41) is 20.4. The van der Waals surface area contributed by atoms with E-state index >= 15 is 0 Å². The van der Waals surface area contributed by atoms with Gasteiger partial charge in [-0.25, -0.2) is 9.18 Å². The van der Waals surface area contributed by atoms with Gasteiger partial charge >= 0.3 is 5.97 Å². The zero-order valence-corrected chi connectivity index (χ0v) is 36.0. The second-order valence-electron chi connectivity index (χ2n) is 16.3. The maximum atomic E-state index is 14.0. The molecule has 3 aliphatic heterocycles. The topological polar surface area (TPSA) is 176 Å². The highest BCUT2D eigenvalue weighted by Crippen LogP contribution is 2.42. The Bertz CT molecular complexity index is 3000. The molecule has 6 aromatic rings. The van der Waals surface area contributed by atoms with Crippen molar-refractivity contribution in [1.82, 2.24) is 29.5 Å². The Labute approximate surface area is 370 Å². The lowest BCUT2D eigenvalue weighted by molar-refractivity contribution is -0.136. The van der Waals surface area contributed by atoms with Crippen LogP contribution in [0.1, 0.15) is 67.4 Å². The number of amides is 5. The van der Waals surface area contributed by atoms with Crippen molar-refractivity contribution in [2.24, 2.45) is 7.05 Å². The van der Waals surface area contributed by atoms with Gasteiger partial charge in [-0.3, -0.25) is 38.9 Å². The number of nitrogens with one attached hydrogen (secondary N) is 1. The molecule has 0 spiro atoms. The van der Waals surface area contributed by atoms with Gasteiger partial charge in [-0.1, -0.05) is 35.9 Å². The third-order valence-electron chi connectivity index (χ3n) is 12.6. The summed E-state index contributed by atoms with van der Waals surface area (Å²) in [5.41, 5.74) is 4.80. The van der Waals surface area contributed by atoms with E-state index in [0.717, 1.165) is 21.5 Å². The maximum absolute atomic E-state index is 14.0. The minimum Gasteiger partial charge on any atom is -0.493 e. The maximum Gasteiger partial charge on any atom is 0.352 e. The molecular weight excluding hydrogens is 845 g/mol. The SMILES string of the molecule is Cc1nn(C)c(C)c1-c1c(Cl)ccc2c(CCCOc3cccc4cc(F)ccc34)c(C(=O)O)n(CCN3CCN(c4cccc5c4C(=O)N(C4CCC(=O)NC4=O)C5=O)CC3=O)c12. The standard InChI is InChI=1S/C47H43ClFN7O8/c1-25-39(26(2)52(3)51-25)41-33(48)15-14-31-30(9-6-22-64-36-11-4-7-27-23-28(49)12-13-29(27)36)43(47(62)63)55(42(31)41)21-20-53-18-19-54(24-38(53)58)34-10-5-8-32-40(34)46(61)56(45(32)60)35-16-17-37(57)50-44(35)59/h4-5,7-8,10-15,23,35H,6,9,16-22,24H2,1-3H3,(H,62,63)(H,50,57,59). The zero-order valence-electron chi connectivity index (χ0n) is 35.2. The molecule has 64 heavy (non-hydrogen) atoms. The third-order valence-corrected chi connectivity index (χ3v) is 12.9. The largest absolute Gasteiger partial charge is 0.493 e. The van der Waals surface area contributed by atoms with Crippen molar-refractivity contribution in [2.75, 3.05) is 37.7 Å². The number of nitrogens with zero attached hydrogens (tertiary/aromatic N) is 6. The summed E-state index contributed by atoms with van der Waals surface area (Å²) in [6.45, 7) is 4.69. The van der Waals surface area contributed by atoms with Gasteiger partial charge in [0.2, 0.25) is 17.7 Å². The van der Waals surface area contributed by atoms with Crippen molar-refractivity contribution in [2.45, 2.75) is 52.1 Å². The number of piperazine rings is 1. The Hall–Kier alpha value is -7.07. The molecular formula is C47H43ClFN7O8. The molecule has 2 N–H and O–H groups in total. The average molecular weight is 888 g/mol. The molecule has 3 aliphatic rings. The molecule has 0 aliphatic carbocycles. The van der Waals surface area contributed by atoms with Gasteiger partial charge in [0, 0.05) is 67.2 Å². The van der Waals surface area contributed by atoms with Crippen LogP contribution in [0.3, 0.4) is 0 Å². The van der Waals surface area contributed by atoms with Crippen molar-refractivity contribution in [3.8, 4) is 16.9 Å². The minimum absolute atomic E-state index is 0.00924. The zero-order chi connectivity index (χ0) is 45.1. The summed E-state index contributed by atoms with van der Waals surface area (Å²) < 4.78 is 23.6. The Morgan fingerprint density at radius 3 is 2.45 bits per heavy atom. The Balaban J connectivity index is 0.994. The third kappa shape index (κ3) is 7.20. The summed E-state index contributed by atoms with van der Waals surface area (Å²) in [7, 11) is 1.83. The molecule has 5 heterocycles. The molecule has 328 valence electrons. The van der Waals surface area contributed by atoms with Gasteiger partial charge in [0.1, 0.15) is 23.3 Å². The number of hydrogen-bond acceptors (Lipinski definition) is 9. The number of carboxylic acid groups (broad SMARTS) is 1. The van der Waals surface area contributed by atoms with Crippen LogP contribution in [0.25, 0.3) is 32.8 Å². The molecule has 17 heteroatoms. The molecule has 15 nitrogen and oxygen atoms in total. The number of rotatable bonds is 12. The monoisotopic (exact) mass is 887 g/mol. The van der Waals surface area contributed by atoms with Crippen molar-refractivity contribution in [1.29, 1.82) is 0 Å². The lowest BCUT2D eigenvalue weighted by atomic mass is 9.98. The first kappa shape index (κ1) is 42.2. The first-order valence-electron chi connectivity index (χ1n) is 21.0. The van der Waals surface area contributed by atoms with Gasteiger partial charge in [-0.15, -0.1) is 0 Å². The van der Waals surface area contributed by atoms with E-state index in [1.165, 1.54) is 18.2 Å². The van der Waals surface area contributed by atoms with Crippen LogP contribution >= 0.6 is 11.6 Å². The van der Waals surface area contributed by atoms with Gasteiger partial charge in [-0.2, -0.15) is 5.10 Å². The van der Waals surface area contributed by atoms with Gasteiger partial charge in [0.15, 0.2) is 0 Å². The van der Waals surface area contributed by atoms with Crippen molar-refractivity contribution in [3.63, 3.8) is 0 Å². The van der Waals surface area contributed by atoms with Crippen LogP contribution in [-0.2, 0) is 34.4 Å². The van der Waals surface area contributed by atoms with Crippen LogP contribution in [0, 0.1) is 19.7 Å². The number of carbonyl (C=O) groups is 6. The molecule has 1 atom stereocenters. The van der Waals surface area contributed by atoms with Crippen LogP contribution < -0.4 is 15.0 Å². The van der Waals surface area contributed by atoms with E-state index in [0.29, 0.717) is 69.0 Å². The fraction of sp³-hybridized carbons (Fsp3) is 0.298. The Kier molecular flexibility index (Phi) is 10.9. The smallest absolute Gasteiger partial charge is 0.352 e. The number of fused-ring (bicyclic) bond motifs is 3. The van der Waals surface area contributed by atoms with E-state index in [4.69, 9.17) is 16.3 Å². The molecule has 0 saturated carbocycles. The number of piperidine rings is 1. The molecule has 4 aromatic carbocycles. The quantitative estimate of drug-likeness (QED) is 0.109.